The molecule has 8 rings (SSSR count). The lowest BCUT2D eigenvalue weighted by molar-refractivity contribution is -0.180. The summed E-state index contributed by atoms with van der Waals surface area (Å²) in [7, 11) is 0. The molecule has 4 aliphatic heterocycles. The zero-order chi connectivity index (χ0) is 33.0. The van der Waals surface area contributed by atoms with Gasteiger partial charge in [0.2, 0.25) is 6.54 Å². The Morgan fingerprint density at radius 2 is 1.90 bits per heavy atom. The fourth-order valence-electron chi connectivity index (χ4n) is 7.89. The molecule has 0 spiro atoms. The van der Waals surface area contributed by atoms with Crippen molar-refractivity contribution in [1.29, 1.82) is 0 Å². The van der Waals surface area contributed by atoms with Crippen molar-refractivity contribution in [1.82, 2.24) is 24.8 Å². The van der Waals surface area contributed by atoms with Crippen molar-refractivity contribution in [2.75, 3.05) is 50.8 Å². The number of fused-ring (bicyclic) bond motifs is 3. The van der Waals surface area contributed by atoms with Gasteiger partial charge in [-0.15, -0.1) is 0 Å². The molecule has 0 aliphatic carbocycles. The van der Waals surface area contributed by atoms with Crippen LogP contribution in [0.2, 0.25) is 5.02 Å². The fraction of sp³-hybridized carbons (Fsp3) is 0.429. The van der Waals surface area contributed by atoms with E-state index in [1.54, 1.807) is 23.2 Å². The van der Waals surface area contributed by atoms with Crippen molar-refractivity contribution < 1.29 is 23.5 Å². The van der Waals surface area contributed by atoms with E-state index in [0.29, 0.717) is 40.3 Å². The van der Waals surface area contributed by atoms with Crippen molar-refractivity contribution in [3.63, 3.8) is 0 Å². The highest BCUT2D eigenvalue weighted by molar-refractivity contribution is 6.36. The van der Waals surface area contributed by atoms with E-state index in [2.05, 4.69) is 19.7 Å². The van der Waals surface area contributed by atoms with E-state index in [9.17, 15) is 9.59 Å². The number of ether oxygens (including phenoxy) is 2. The molecule has 2 atom stereocenters. The Balaban J connectivity index is 1.20. The number of cyclic esters (lactones) is 1. The number of carbonyl (C=O) groups is 2. The first-order chi connectivity index (χ1) is 23.3. The molecule has 1 amide bonds. The summed E-state index contributed by atoms with van der Waals surface area (Å²) in [5, 5.41) is 2.44. The van der Waals surface area contributed by atoms with Crippen LogP contribution < -0.4 is 9.64 Å². The van der Waals surface area contributed by atoms with Crippen LogP contribution in [0.25, 0.3) is 37.8 Å². The maximum absolute atomic E-state index is 16.8. The Hall–Kier alpha value is -4.60. The minimum atomic E-state index is -0.818. The molecule has 4 saturated heterocycles. The summed E-state index contributed by atoms with van der Waals surface area (Å²) in [5.41, 5.74) is 0.660. The number of halogens is 2. The number of carbonyl (C=O) groups excluding carboxylic acids is 2. The van der Waals surface area contributed by atoms with Crippen molar-refractivity contribution in [3.05, 3.63) is 64.9 Å². The molecule has 48 heavy (non-hydrogen) atoms. The summed E-state index contributed by atoms with van der Waals surface area (Å²) < 4.78 is 28.2. The van der Waals surface area contributed by atoms with Crippen molar-refractivity contribution in [2.24, 2.45) is 0 Å². The lowest BCUT2D eigenvalue weighted by Gasteiger charge is -2.42. The number of aromatic nitrogens is 3. The Morgan fingerprint density at radius 3 is 2.65 bits per heavy atom. The normalized spacial score (nSPS) is 22.0. The van der Waals surface area contributed by atoms with Crippen LogP contribution in [-0.4, -0.2) is 100 Å². The summed E-state index contributed by atoms with van der Waals surface area (Å²) in [4.78, 5) is 48.3. The van der Waals surface area contributed by atoms with Crippen LogP contribution in [-0.2, 0) is 14.3 Å². The quantitative estimate of drug-likeness (QED) is 0.201. The van der Waals surface area contributed by atoms with Gasteiger partial charge in [-0.3, -0.25) is 19.5 Å². The Kier molecular flexibility index (Phi) is 7.76. The monoisotopic (exact) mass is 669 g/mol. The Labute approximate surface area is 281 Å². The van der Waals surface area contributed by atoms with E-state index in [4.69, 9.17) is 32.6 Å². The average Bonchev–Trinajstić information content (AvgIpc) is 3.67. The molecule has 0 radical (unpaired) electrons. The molecule has 4 aliphatic rings. The molecule has 2 aromatic carbocycles. The number of esters is 1. The molecule has 2 aromatic heterocycles. The summed E-state index contributed by atoms with van der Waals surface area (Å²) >= 11 is 6.61. The minimum Gasteiger partial charge on any atom is -0.461 e. The largest absolute Gasteiger partial charge is 0.461 e. The molecule has 246 valence electrons. The number of benzene rings is 2. The summed E-state index contributed by atoms with van der Waals surface area (Å²) in [6.07, 6.45) is 5.07. The molecule has 4 fully saturated rings. The molecule has 11 nitrogen and oxygen atoms in total. The third-order valence-corrected chi connectivity index (χ3v) is 10.6. The molecule has 6 heterocycles. The van der Waals surface area contributed by atoms with Gasteiger partial charge in [0.1, 0.15) is 29.7 Å². The second-order valence-electron chi connectivity index (χ2n) is 13.0. The van der Waals surface area contributed by atoms with Crippen molar-refractivity contribution in [2.45, 2.75) is 49.8 Å². The molecule has 0 N–H and O–H groups in total. The summed E-state index contributed by atoms with van der Waals surface area (Å²) in [6.45, 7) is 11.0. The van der Waals surface area contributed by atoms with Crippen LogP contribution in [0.3, 0.4) is 0 Å². The minimum absolute atomic E-state index is 0.0368. The molecule has 13 heteroatoms. The fourth-order valence-corrected chi connectivity index (χ4v) is 8.17. The van der Waals surface area contributed by atoms with Crippen LogP contribution >= 0.6 is 11.6 Å². The molecule has 4 aromatic rings. The predicted molar refractivity (Wildman–Crippen MR) is 177 cm³/mol. The number of pyridine rings is 1. The second kappa shape index (κ2) is 12.1. The molecule has 1 unspecified atom stereocenters. The number of anilines is 1. The zero-order valence-corrected chi connectivity index (χ0v) is 27.0. The number of hydrogen-bond acceptors (Lipinski definition) is 9. The van der Waals surface area contributed by atoms with E-state index < -0.39 is 23.9 Å². The number of rotatable bonds is 7. The van der Waals surface area contributed by atoms with Crippen molar-refractivity contribution in [3.8, 4) is 17.3 Å². The number of piperazine rings is 1. The number of amides is 1. The Bertz CT molecular complexity index is 1980. The lowest BCUT2D eigenvalue weighted by atomic mass is 9.95. The first kappa shape index (κ1) is 30.7. The van der Waals surface area contributed by atoms with Gasteiger partial charge in [0.05, 0.1) is 17.3 Å². The maximum atomic E-state index is 16.8. The van der Waals surface area contributed by atoms with E-state index in [0.717, 1.165) is 44.2 Å². The maximum Gasteiger partial charge on any atom is 0.319 e. The summed E-state index contributed by atoms with van der Waals surface area (Å²) in [5.74, 6) is -0.907. The lowest BCUT2D eigenvalue weighted by Crippen LogP contribution is -2.60. The standard InChI is InChI=1S/C35H33ClFN7O4/c1-38-17-22-19-42(14-15-44(22)33(46)26-16-27(45)48-26)32-24-18-39-30(23-8-2-6-21-7-3-9-25(36)28(21)23)29(37)31(24)40-34(41-32)47-20-35-10-4-12-43(35)13-5-11-35/h2-3,6-9,18,22,26H,4-5,10-17,19-20H2/t22-,26?/m0/s1. The van der Waals surface area contributed by atoms with Gasteiger partial charge in [-0.2, -0.15) is 9.97 Å². The Morgan fingerprint density at radius 1 is 1.12 bits per heavy atom. The van der Waals surface area contributed by atoms with Gasteiger partial charge in [0, 0.05) is 41.8 Å². The van der Waals surface area contributed by atoms with E-state index in [1.165, 1.54) is 0 Å². The highest BCUT2D eigenvalue weighted by Crippen LogP contribution is 2.40. The van der Waals surface area contributed by atoms with Gasteiger partial charge in [-0.25, -0.2) is 11.0 Å². The average molecular weight is 670 g/mol. The zero-order valence-electron chi connectivity index (χ0n) is 26.2. The van der Waals surface area contributed by atoms with Gasteiger partial charge in [-0.05, 0) is 50.2 Å². The van der Waals surface area contributed by atoms with Crippen LogP contribution in [0.4, 0.5) is 10.2 Å². The third-order valence-electron chi connectivity index (χ3n) is 10.3. The van der Waals surface area contributed by atoms with Crippen LogP contribution in [0.5, 0.6) is 6.01 Å². The van der Waals surface area contributed by atoms with Gasteiger partial charge in [0.15, 0.2) is 11.9 Å². The van der Waals surface area contributed by atoms with E-state index >= 15 is 4.39 Å². The topological polar surface area (TPSA) is 105 Å². The van der Waals surface area contributed by atoms with Crippen LogP contribution in [0.15, 0.2) is 42.6 Å². The smallest absolute Gasteiger partial charge is 0.319 e. The van der Waals surface area contributed by atoms with Crippen LogP contribution in [0, 0.1) is 12.4 Å². The SMILES string of the molecule is [C-]#[N+]C[C@H]1CN(c2nc(OCC34CCCN3CCC4)nc3c(F)c(-c4cccc5cccc(Cl)c45)ncc23)CCN1C(=O)C1CC(=O)O1. The number of hydrogen-bond donors (Lipinski definition) is 0. The van der Waals surface area contributed by atoms with Gasteiger partial charge >= 0.3 is 12.0 Å². The van der Waals surface area contributed by atoms with E-state index in [-0.39, 0.29) is 54.7 Å². The second-order valence-corrected chi connectivity index (χ2v) is 13.4. The first-order valence-corrected chi connectivity index (χ1v) is 16.7. The van der Waals surface area contributed by atoms with E-state index in [1.807, 2.05) is 29.2 Å². The third kappa shape index (κ3) is 5.16. The van der Waals surface area contributed by atoms with Gasteiger partial charge in [-0.1, -0.05) is 41.9 Å². The highest BCUT2D eigenvalue weighted by Gasteiger charge is 2.45. The summed E-state index contributed by atoms with van der Waals surface area (Å²) in [6, 6.07) is 10.7. The highest BCUT2D eigenvalue weighted by atomic mass is 35.5. The predicted octanol–water partition coefficient (Wildman–Crippen LogP) is 4.90. The molecular weight excluding hydrogens is 637 g/mol. The molecule has 0 bridgehead atoms. The molecular formula is C35H33ClFN7O4. The van der Waals surface area contributed by atoms with Gasteiger partial charge < -0.3 is 24.1 Å². The van der Waals surface area contributed by atoms with Crippen molar-refractivity contribution >= 4 is 51.0 Å². The number of nitrogens with zero attached hydrogens (tertiary/aromatic N) is 7. The van der Waals surface area contributed by atoms with Gasteiger partial charge in [0.25, 0.3) is 5.91 Å². The molecule has 0 saturated carbocycles. The van der Waals surface area contributed by atoms with Crippen LogP contribution in [0.1, 0.15) is 32.1 Å². The first-order valence-electron chi connectivity index (χ1n) is 16.3.